The highest BCUT2D eigenvalue weighted by molar-refractivity contribution is 7.16. The monoisotopic (exact) mass is 648 g/mol. The number of β-amino-alcohol motifs (C(OH)–C–C–N with tert-alkyl or cyclic N) is 1. The van der Waals surface area contributed by atoms with Gasteiger partial charge in [-0.25, -0.2) is 19.0 Å². The van der Waals surface area contributed by atoms with E-state index in [1.807, 2.05) is 30.7 Å². The highest BCUT2D eigenvalue weighted by atomic mass is 32.1. The van der Waals surface area contributed by atoms with Crippen LogP contribution in [-0.4, -0.2) is 91.2 Å². The molecule has 0 amide bonds. The molecule has 1 spiro atoms. The maximum absolute atomic E-state index is 14.4. The number of likely N-dealkylation sites (tertiary alicyclic amines) is 1. The van der Waals surface area contributed by atoms with Gasteiger partial charge in [-0.2, -0.15) is 5.26 Å². The second-order valence-electron chi connectivity index (χ2n) is 13.7. The van der Waals surface area contributed by atoms with Crippen LogP contribution in [0, 0.1) is 11.3 Å². The highest BCUT2D eigenvalue weighted by Crippen LogP contribution is 2.52. The molecule has 2 saturated heterocycles. The minimum Gasteiger partial charge on any atom is -0.389 e. The van der Waals surface area contributed by atoms with Crippen LogP contribution in [0.15, 0.2) is 4.52 Å². The quantitative estimate of drug-likeness (QED) is 0.331. The number of thiophene rings is 1. The fraction of sp³-hybridized carbons (Fsp3) is 0.613. The van der Waals surface area contributed by atoms with Gasteiger partial charge in [0.2, 0.25) is 0 Å². The summed E-state index contributed by atoms with van der Waals surface area (Å²) in [4.78, 5) is 15.2. The standard InChI is InChI=1S/C31H37FN10O3S/c1-16(20-10-17(32)12-40(20)3)42-29-24(37-39-42)28(41-9-5-7-30(2,43)14-41)35-27(36-29)23-19-13-44-15-31(25(19)45-38-23)8-4-6-21-22(31)18(11-33)26(34)46-21/h16-17,20,43H,4-10,12-15,34H2,1-3H3. The molecule has 4 aromatic rings. The van der Waals surface area contributed by atoms with Gasteiger partial charge in [-0.15, -0.1) is 16.4 Å². The van der Waals surface area contributed by atoms with Crippen molar-refractivity contribution in [1.82, 2.24) is 35.0 Å². The number of hydrogen-bond donors (Lipinski definition) is 2. The summed E-state index contributed by atoms with van der Waals surface area (Å²) in [5, 5.41) is 35.2. The predicted molar refractivity (Wildman–Crippen MR) is 168 cm³/mol. The Hall–Kier alpha value is -3.71. The molecule has 5 unspecified atom stereocenters. The van der Waals surface area contributed by atoms with Gasteiger partial charge < -0.3 is 25.0 Å². The molecule has 3 N–H and O–H groups in total. The molecule has 2 fully saturated rings. The summed E-state index contributed by atoms with van der Waals surface area (Å²) in [5.41, 5.74) is 8.34. The number of piperidine rings is 1. The number of aromatic nitrogens is 6. The molecule has 13 nitrogen and oxygen atoms in total. The van der Waals surface area contributed by atoms with E-state index in [4.69, 9.17) is 25.0 Å². The third-order valence-corrected chi connectivity index (χ3v) is 11.5. The van der Waals surface area contributed by atoms with Crippen molar-refractivity contribution >= 4 is 33.3 Å². The summed E-state index contributed by atoms with van der Waals surface area (Å²) >= 11 is 1.47. The molecular formula is C31H37FN10O3S. The number of nitrogens with two attached hydrogens (primary N) is 1. The number of alkyl halides is 1. The van der Waals surface area contributed by atoms with E-state index in [0.717, 1.165) is 41.7 Å². The van der Waals surface area contributed by atoms with Gasteiger partial charge in [0.1, 0.15) is 17.2 Å². The van der Waals surface area contributed by atoms with Crippen molar-refractivity contribution in [1.29, 1.82) is 5.26 Å². The molecule has 4 aliphatic rings. The van der Waals surface area contributed by atoms with Crippen LogP contribution >= 0.6 is 11.3 Å². The van der Waals surface area contributed by atoms with Crippen molar-refractivity contribution in [3.8, 4) is 17.6 Å². The Labute approximate surface area is 269 Å². The number of anilines is 2. The van der Waals surface area contributed by atoms with E-state index in [0.29, 0.717) is 83.9 Å². The van der Waals surface area contributed by atoms with E-state index in [-0.39, 0.29) is 18.7 Å². The van der Waals surface area contributed by atoms with Gasteiger partial charge in [0, 0.05) is 36.1 Å². The third kappa shape index (κ3) is 4.44. The Morgan fingerprint density at radius 1 is 1.26 bits per heavy atom. The number of aryl methyl sites for hydroxylation is 1. The SMILES string of the molecule is CC(C1CC(F)CN1C)n1nnc2c(N3CCCC(C)(O)C3)nc(-c3noc4c3COCC43CCCc4sc(N)c(C#N)c43)nc21. The Balaban J connectivity index is 1.29. The number of likely N-dealkylation sites (N-methyl/N-ethyl adjacent to an activating group) is 1. The summed E-state index contributed by atoms with van der Waals surface area (Å²) in [6.07, 6.45) is 3.44. The fourth-order valence-electron chi connectivity index (χ4n) is 8.24. The molecule has 8 rings (SSSR count). The van der Waals surface area contributed by atoms with E-state index < -0.39 is 17.2 Å². The van der Waals surface area contributed by atoms with Crippen LogP contribution in [0.25, 0.3) is 22.7 Å². The molecule has 0 bridgehead atoms. The number of hydrogen-bond acceptors (Lipinski definition) is 13. The number of aliphatic hydroxyl groups is 1. The average Bonchev–Trinajstić information content (AvgIpc) is 3.80. The van der Waals surface area contributed by atoms with Gasteiger partial charge in [-0.05, 0) is 59.4 Å². The fourth-order valence-corrected chi connectivity index (χ4v) is 9.40. The first-order valence-corrected chi connectivity index (χ1v) is 16.8. The van der Waals surface area contributed by atoms with Gasteiger partial charge >= 0.3 is 0 Å². The molecule has 46 heavy (non-hydrogen) atoms. The zero-order chi connectivity index (χ0) is 32.0. The van der Waals surface area contributed by atoms with Gasteiger partial charge in [-0.3, -0.25) is 4.90 Å². The minimum atomic E-state index is -0.905. The molecule has 5 atom stereocenters. The topological polar surface area (TPSA) is 168 Å². The molecule has 0 radical (unpaired) electrons. The van der Waals surface area contributed by atoms with Crippen molar-refractivity contribution in [3.05, 3.63) is 27.3 Å². The lowest BCUT2D eigenvalue weighted by Crippen LogP contribution is -2.46. The Bertz CT molecular complexity index is 1880. The van der Waals surface area contributed by atoms with Gasteiger partial charge in [0.15, 0.2) is 34.3 Å². The highest BCUT2D eigenvalue weighted by Gasteiger charge is 2.50. The minimum absolute atomic E-state index is 0.0848. The summed E-state index contributed by atoms with van der Waals surface area (Å²) in [6.45, 7) is 5.87. The van der Waals surface area contributed by atoms with Crippen molar-refractivity contribution < 1.29 is 18.8 Å². The van der Waals surface area contributed by atoms with Crippen LogP contribution in [0.5, 0.6) is 0 Å². The average molecular weight is 649 g/mol. The first-order chi connectivity index (χ1) is 22.1. The largest absolute Gasteiger partial charge is 0.389 e. The molecule has 0 saturated carbocycles. The summed E-state index contributed by atoms with van der Waals surface area (Å²) < 4.78 is 28.6. The van der Waals surface area contributed by atoms with Crippen LogP contribution in [0.1, 0.15) is 79.3 Å². The van der Waals surface area contributed by atoms with E-state index in [1.165, 1.54) is 11.3 Å². The number of nitrogen functional groups attached to an aromatic ring is 1. The van der Waals surface area contributed by atoms with E-state index in [2.05, 4.69) is 21.5 Å². The smallest absolute Gasteiger partial charge is 0.186 e. The second-order valence-corrected chi connectivity index (χ2v) is 14.8. The van der Waals surface area contributed by atoms with Crippen LogP contribution < -0.4 is 10.6 Å². The lowest BCUT2D eigenvalue weighted by molar-refractivity contribution is 0.0448. The molecule has 0 aromatic carbocycles. The Morgan fingerprint density at radius 2 is 2.11 bits per heavy atom. The lowest BCUT2D eigenvalue weighted by atomic mass is 9.68. The van der Waals surface area contributed by atoms with Crippen molar-refractivity contribution in [2.24, 2.45) is 0 Å². The van der Waals surface area contributed by atoms with Crippen molar-refractivity contribution in [3.63, 3.8) is 0 Å². The first kappa shape index (κ1) is 29.7. The number of nitrogens with zero attached hydrogens (tertiary/aromatic N) is 9. The Kier molecular flexibility index (Phi) is 6.88. The van der Waals surface area contributed by atoms with Gasteiger partial charge in [0.25, 0.3) is 0 Å². The number of halogens is 1. The number of fused-ring (bicyclic) bond motifs is 5. The predicted octanol–water partition coefficient (Wildman–Crippen LogP) is 3.50. The van der Waals surface area contributed by atoms with Crippen LogP contribution in [0.3, 0.4) is 0 Å². The summed E-state index contributed by atoms with van der Waals surface area (Å²) in [6, 6.07) is 2.03. The third-order valence-electron chi connectivity index (χ3n) is 10.4. The second kappa shape index (κ2) is 10.7. The van der Waals surface area contributed by atoms with Crippen LogP contribution in [0.4, 0.5) is 15.2 Å². The zero-order valence-electron chi connectivity index (χ0n) is 26.2. The summed E-state index contributed by atoms with van der Waals surface area (Å²) in [5.74, 6) is 1.55. The molecule has 3 aliphatic heterocycles. The maximum Gasteiger partial charge on any atom is 0.186 e. The van der Waals surface area contributed by atoms with Gasteiger partial charge in [-0.1, -0.05) is 10.4 Å². The van der Waals surface area contributed by atoms with Crippen LogP contribution in [-0.2, 0) is 23.2 Å². The number of ether oxygens (including phenoxy) is 1. The van der Waals surface area contributed by atoms with E-state index in [1.54, 1.807) is 4.68 Å². The molecule has 4 aromatic heterocycles. The van der Waals surface area contributed by atoms with Crippen molar-refractivity contribution in [2.75, 3.05) is 43.9 Å². The molecule has 7 heterocycles. The normalized spacial score (nSPS) is 28.8. The zero-order valence-corrected chi connectivity index (χ0v) is 27.0. The van der Waals surface area contributed by atoms with Gasteiger partial charge in [0.05, 0.1) is 41.4 Å². The molecule has 1 aliphatic carbocycles. The molecular weight excluding hydrogens is 611 g/mol. The van der Waals surface area contributed by atoms with E-state index >= 15 is 0 Å². The number of rotatable bonds is 4. The van der Waals surface area contributed by atoms with Crippen molar-refractivity contribution in [2.45, 2.75) is 88.3 Å². The first-order valence-electron chi connectivity index (χ1n) is 15.9. The molecule has 242 valence electrons. The summed E-state index contributed by atoms with van der Waals surface area (Å²) in [7, 11) is 1.93. The maximum atomic E-state index is 14.4. The Morgan fingerprint density at radius 3 is 2.87 bits per heavy atom. The molecule has 15 heteroatoms. The lowest BCUT2D eigenvalue weighted by Gasteiger charge is -2.38. The number of nitriles is 1. The van der Waals surface area contributed by atoms with E-state index in [9.17, 15) is 14.8 Å². The van der Waals surface area contributed by atoms with Crippen LogP contribution in [0.2, 0.25) is 0 Å².